The van der Waals surface area contributed by atoms with Crippen LogP contribution in [0.5, 0.6) is 0 Å². The lowest BCUT2D eigenvalue weighted by Crippen LogP contribution is -2.35. The summed E-state index contributed by atoms with van der Waals surface area (Å²) in [6, 6.07) is 4.58. The topological polar surface area (TPSA) is 32.3 Å². The number of nitrogens with one attached hydrogen (secondary N) is 1. The van der Waals surface area contributed by atoms with Crippen molar-refractivity contribution >= 4 is 39.3 Å². The predicted octanol–water partition coefficient (Wildman–Crippen LogP) is 2.17. The van der Waals surface area contributed by atoms with Gasteiger partial charge < -0.3 is 10.2 Å². The number of carbonyl (C=O) groups is 1. The Morgan fingerprint density at radius 3 is 2.94 bits per heavy atom. The second-order valence-corrected chi connectivity index (χ2v) is 5.25. The number of likely N-dealkylation sites (N-methyl/N-ethyl adjacent to an activating group) is 1. The van der Waals surface area contributed by atoms with E-state index in [0.29, 0.717) is 16.0 Å². The third-order valence-electron chi connectivity index (χ3n) is 2.34. The SMILES string of the molecule is CNC1SCN(c2ccc(F)c(Br)c2)C1=O. The molecular weight excluding hydrogens is 295 g/mol. The molecule has 0 bridgehead atoms. The summed E-state index contributed by atoms with van der Waals surface area (Å²) in [6.45, 7) is 0. The first-order valence-electron chi connectivity index (χ1n) is 4.69. The smallest absolute Gasteiger partial charge is 0.255 e. The molecule has 2 rings (SSSR count). The van der Waals surface area contributed by atoms with E-state index in [0.717, 1.165) is 0 Å². The molecule has 1 heterocycles. The van der Waals surface area contributed by atoms with Gasteiger partial charge in [0.25, 0.3) is 5.91 Å². The zero-order valence-corrected chi connectivity index (χ0v) is 10.9. The van der Waals surface area contributed by atoms with E-state index < -0.39 is 0 Å². The van der Waals surface area contributed by atoms with E-state index in [1.807, 2.05) is 0 Å². The number of benzene rings is 1. The third-order valence-corrected chi connectivity index (χ3v) is 4.12. The van der Waals surface area contributed by atoms with Crippen LogP contribution in [-0.4, -0.2) is 24.2 Å². The number of amides is 1. The molecule has 0 spiro atoms. The zero-order valence-electron chi connectivity index (χ0n) is 8.54. The molecule has 86 valence electrons. The molecule has 0 aromatic heterocycles. The van der Waals surface area contributed by atoms with E-state index in [4.69, 9.17) is 0 Å². The molecule has 1 fully saturated rings. The van der Waals surface area contributed by atoms with Crippen LogP contribution in [0.25, 0.3) is 0 Å². The number of nitrogens with zero attached hydrogens (tertiary/aromatic N) is 1. The Labute approximate surface area is 106 Å². The van der Waals surface area contributed by atoms with Gasteiger partial charge in [0, 0.05) is 5.69 Å². The van der Waals surface area contributed by atoms with Crippen LogP contribution in [0.3, 0.4) is 0 Å². The highest BCUT2D eigenvalue weighted by Gasteiger charge is 2.32. The molecule has 1 atom stereocenters. The average molecular weight is 305 g/mol. The molecule has 0 radical (unpaired) electrons. The van der Waals surface area contributed by atoms with Gasteiger partial charge in [-0.2, -0.15) is 0 Å². The summed E-state index contributed by atoms with van der Waals surface area (Å²) in [5.74, 6) is 0.266. The van der Waals surface area contributed by atoms with E-state index in [1.54, 1.807) is 24.1 Å². The molecule has 1 aliphatic rings. The number of thioether (sulfide) groups is 1. The predicted molar refractivity (Wildman–Crippen MR) is 66.9 cm³/mol. The standard InChI is InChI=1S/C10H10BrFN2OS/c1-13-9-10(15)14(5-16-9)6-2-3-8(12)7(11)4-6/h2-4,9,13H,5H2,1H3. The van der Waals surface area contributed by atoms with Crippen LogP contribution in [0.4, 0.5) is 10.1 Å². The van der Waals surface area contributed by atoms with Crippen molar-refractivity contribution in [1.29, 1.82) is 0 Å². The number of anilines is 1. The quantitative estimate of drug-likeness (QED) is 0.909. The Morgan fingerprint density at radius 1 is 1.62 bits per heavy atom. The lowest BCUT2D eigenvalue weighted by atomic mass is 10.3. The van der Waals surface area contributed by atoms with Gasteiger partial charge in [-0.05, 0) is 41.2 Å². The van der Waals surface area contributed by atoms with E-state index in [9.17, 15) is 9.18 Å². The van der Waals surface area contributed by atoms with Crippen LogP contribution in [-0.2, 0) is 4.79 Å². The molecule has 1 unspecified atom stereocenters. The first-order chi connectivity index (χ1) is 7.63. The van der Waals surface area contributed by atoms with Gasteiger partial charge in [-0.15, -0.1) is 11.8 Å². The van der Waals surface area contributed by atoms with Crippen LogP contribution < -0.4 is 10.2 Å². The molecule has 1 N–H and O–H groups in total. The minimum atomic E-state index is -0.326. The Bertz CT molecular complexity index is 429. The highest BCUT2D eigenvalue weighted by molar-refractivity contribution is 9.10. The summed E-state index contributed by atoms with van der Waals surface area (Å²) < 4.78 is 13.4. The Kier molecular flexibility index (Phi) is 3.51. The van der Waals surface area contributed by atoms with Crippen LogP contribution in [0.15, 0.2) is 22.7 Å². The molecule has 3 nitrogen and oxygen atoms in total. The van der Waals surface area contributed by atoms with Gasteiger partial charge in [-0.3, -0.25) is 4.79 Å². The van der Waals surface area contributed by atoms with Crippen molar-refractivity contribution in [3.8, 4) is 0 Å². The lowest BCUT2D eigenvalue weighted by molar-refractivity contribution is -0.117. The summed E-state index contributed by atoms with van der Waals surface area (Å²) in [5.41, 5.74) is 0.712. The number of rotatable bonds is 2. The lowest BCUT2D eigenvalue weighted by Gasteiger charge is -2.15. The summed E-state index contributed by atoms with van der Waals surface area (Å²) in [4.78, 5) is 13.5. The molecule has 0 saturated carbocycles. The van der Waals surface area contributed by atoms with E-state index in [-0.39, 0.29) is 17.1 Å². The van der Waals surface area contributed by atoms with Crippen LogP contribution >= 0.6 is 27.7 Å². The molecule has 1 aliphatic heterocycles. The minimum absolute atomic E-state index is 0.00556. The zero-order chi connectivity index (χ0) is 11.7. The molecule has 6 heteroatoms. The summed E-state index contributed by atoms with van der Waals surface area (Å²) in [6.07, 6.45) is 0. The van der Waals surface area contributed by atoms with Gasteiger partial charge >= 0.3 is 0 Å². The Morgan fingerprint density at radius 2 is 2.38 bits per heavy atom. The first kappa shape index (κ1) is 11.9. The number of carbonyl (C=O) groups excluding carboxylic acids is 1. The Balaban J connectivity index is 2.25. The fourth-order valence-electron chi connectivity index (χ4n) is 1.49. The second kappa shape index (κ2) is 4.73. The molecule has 1 aromatic rings. The molecule has 1 saturated heterocycles. The normalized spacial score (nSPS) is 20.6. The highest BCUT2D eigenvalue weighted by atomic mass is 79.9. The van der Waals surface area contributed by atoms with E-state index >= 15 is 0 Å². The minimum Gasteiger partial charge on any atom is -0.301 e. The van der Waals surface area contributed by atoms with Gasteiger partial charge in [0.1, 0.15) is 11.2 Å². The van der Waals surface area contributed by atoms with Crippen LogP contribution in [0.2, 0.25) is 0 Å². The molecular formula is C10H10BrFN2OS. The van der Waals surface area contributed by atoms with Crippen LogP contribution in [0.1, 0.15) is 0 Å². The molecule has 1 aromatic carbocycles. The number of hydrogen-bond acceptors (Lipinski definition) is 3. The second-order valence-electron chi connectivity index (χ2n) is 3.33. The van der Waals surface area contributed by atoms with Gasteiger partial charge in [-0.1, -0.05) is 0 Å². The summed E-state index contributed by atoms with van der Waals surface area (Å²) in [5, 5.41) is 2.72. The maximum atomic E-state index is 13.1. The van der Waals surface area contributed by atoms with E-state index in [1.165, 1.54) is 17.8 Å². The van der Waals surface area contributed by atoms with Gasteiger partial charge in [-0.25, -0.2) is 4.39 Å². The van der Waals surface area contributed by atoms with Crippen molar-refractivity contribution in [2.75, 3.05) is 17.8 Å². The maximum Gasteiger partial charge on any atom is 0.255 e. The average Bonchev–Trinajstić information content (AvgIpc) is 2.64. The number of hydrogen-bond donors (Lipinski definition) is 1. The maximum absolute atomic E-state index is 13.1. The highest BCUT2D eigenvalue weighted by Crippen LogP contribution is 2.30. The van der Waals surface area contributed by atoms with Gasteiger partial charge in [0.05, 0.1) is 10.3 Å². The summed E-state index contributed by atoms with van der Waals surface area (Å²) >= 11 is 4.63. The Hall–Kier alpha value is -0.590. The van der Waals surface area contributed by atoms with Crippen molar-refractivity contribution < 1.29 is 9.18 Å². The van der Waals surface area contributed by atoms with Crippen molar-refractivity contribution in [2.45, 2.75) is 5.37 Å². The number of halogens is 2. The van der Waals surface area contributed by atoms with Crippen LogP contribution in [0, 0.1) is 5.82 Å². The van der Waals surface area contributed by atoms with E-state index in [2.05, 4.69) is 21.2 Å². The monoisotopic (exact) mass is 304 g/mol. The van der Waals surface area contributed by atoms with Crippen molar-refractivity contribution in [3.05, 3.63) is 28.5 Å². The van der Waals surface area contributed by atoms with Crippen molar-refractivity contribution in [3.63, 3.8) is 0 Å². The van der Waals surface area contributed by atoms with Gasteiger partial charge in [0.15, 0.2) is 0 Å². The molecule has 16 heavy (non-hydrogen) atoms. The first-order valence-corrected chi connectivity index (χ1v) is 6.53. The van der Waals surface area contributed by atoms with Gasteiger partial charge in [0.2, 0.25) is 0 Å². The largest absolute Gasteiger partial charge is 0.301 e. The molecule has 1 amide bonds. The fraction of sp³-hybridized carbons (Fsp3) is 0.300. The molecule has 0 aliphatic carbocycles. The fourth-order valence-corrected chi connectivity index (χ4v) is 2.86. The van der Waals surface area contributed by atoms with Crippen molar-refractivity contribution in [2.24, 2.45) is 0 Å². The van der Waals surface area contributed by atoms with Crippen molar-refractivity contribution in [1.82, 2.24) is 5.32 Å². The third kappa shape index (κ3) is 2.09. The summed E-state index contributed by atoms with van der Waals surface area (Å²) in [7, 11) is 1.75.